The molecule has 1 aromatic rings. The lowest BCUT2D eigenvalue weighted by atomic mass is 9.97. The lowest BCUT2D eigenvalue weighted by molar-refractivity contribution is -0.126. The highest BCUT2D eigenvalue weighted by Gasteiger charge is 2.29. The Morgan fingerprint density at radius 3 is 3.06 bits per heavy atom. The second kappa shape index (κ2) is 5.65. The van der Waals surface area contributed by atoms with Gasteiger partial charge in [0.05, 0.1) is 5.92 Å². The minimum atomic E-state index is 0.140. The molecule has 1 fully saturated rings. The number of rotatable bonds is 4. The first-order valence-corrected chi connectivity index (χ1v) is 7.08. The zero-order chi connectivity index (χ0) is 12.3. The number of carbonyl (C=O) groups is 1. The highest BCUT2D eigenvalue weighted by atomic mass is 32.1. The summed E-state index contributed by atoms with van der Waals surface area (Å²) in [7, 11) is 0. The van der Waals surface area contributed by atoms with Crippen LogP contribution in [0.4, 0.5) is 0 Å². The van der Waals surface area contributed by atoms with Crippen LogP contribution in [-0.2, 0) is 11.2 Å². The standard InChI is InChI=1S/C13H20N2OS/c1-9-7-14-8-12(9)13(16)15-10(2)6-11-4-3-5-17-11/h3-5,9-10,12,14H,6-8H2,1-2H3,(H,15,16)/t9-,10?,12-/m1/s1. The van der Waals surface area contributed by atoms with Crippen molar-refractivity contribution in [3.63, 3.8) is 0 Å². The fourth-order valence-corrected chi connectivity index (χ4v) is 3.13. The van der Waals surface area contributed by atoms with E-state index in [2.05, 4.69) is 42.0 Å². The molecule has 0 saturated carbocycles. The Bertz CT molecular complexity index is 364. The summed E-state index contributed by atoms with van der Waals surface area (Å²) >= 11 is 1.75. The van der Waals surface area contributed by atoms with E-state index in [1.54, 1.807) is 11.3 Å². The Morgan fingerprint density at radius 2 is 2.47 bits per heavy atom. The van der Waals surface area contributed by atoms with E-state index in [0.29, 0.717) is 5.92 Å². The molecular formula is C13H20N2OS. The van der Waals surface area contributed by atoms with Crippen molar-refractivity contribution in [2.24, 2.45) is 11.8 Å². The SMILES string of the molecule is CC(Cc1cccs1)NC(=O)[C@@H]1CNC[C@H]1C. The van der Waals surface area contributed by atoms with E-state index in [-0.39, 0.29) is 17.9 Å². The summed E-state index contributed by atoms with van der Waals surface area (Å²) in [4.78, 5) is 13.4. The van der Waals surface area contributed by atoms with Crippen molar-refractivity contribution < 1.29 is 4.79 Å². The van der Waals surface area contributed by atoms with Gasteiger partial charge in [0.25, 0.3) is 0 Å². The third kappa shape index (κ3) is 3.30. The Balaban J connectivity index is 1.82. The summed E-state index contributed by atoms with van der Waals surface area (Å²) in [5, 5.41) is 8.46. The molecule has 3 atom stereocenters. The summed E-state index contributed by atoms with van der Waals surface area (Å²) in [6.45, 7) is 5.98. The fourth-order valence-electron chi connectivity index (χ4n) is 2.29. The smallest absolute Gasteiger partial charge is 0.224 e. The van der Waals surface area contributed by atoms with Crippen molar-refractivity contribution in [2.45, 2.75) is 26.3 Å². The third-order valence-corrected chi connectivity index (χ3v) is 4.23. The molecule has 0 bridgehead atoms. The Labute approximate surface area is 107 Å². The minimum absolute atomic E-state index is 0.140. The van der Waals surface area contributed by atoms with E-state index in [1.165, 1.54) is 4.88 Å². The largest absolute Gasteiger partial charge is 0.353 e. The van der Waals surface area contributed by atoms with E-state index in [9.17, 15) is 4.79 Å². The van der Waals surface area contributed by atoms with Crippen molar-refractivity contribution in [1.29, 1.82) is 0 Å². The van der Waals surface area contributed by atoms with E-state index >= 15 is 0 Å². The van der Waals surface area contributed by atoms with Gasteiger partial charge >= 0.3 is 0 Å². The Kier molecular flexibility index (Phi) is 4.18. The van der Waals surface area contributed by atoms with Crippen molar-refractivity contribution >= 4 is 17.2 Å². The molecule has 1 amide bonds. The monoisotopic (exact) mass is 252 g/mol. The zero-order valence-corrected chi connectivity index (χ0v) is 11.2. The molecule has 2 heterocycles. The minimum Gasteiger partial charge on any atom is -0.353 e. The van der Waals surface area contributed by atoms with Gasteiger partial charge in [0.2, 0.25) is 5.91 Å². The van der Waals surface area contributed by atoms with Crippen LogP contribution in [-0.4, -0.2) is 25.0 Å². The number of hydrogen-bond acceptors (Lipinski definition) is 3. The van der Waals surface area contributed by atoms with E-state index in [4.69, 9.17) is 0 Å². The molecule has 0 aliphatic carbocycles. The molecule has 4 heteroatoms. The van der Waals surface area contributed by atoms with Gasteiger partial charge in [-0.25, -0.2) is 0 Å². The molecule has 17 heavy (non-hydrogen) atoms. The Hall–Kier alpha value is -0.870. The van der Waals surface area contributed by atoms with Gasteiger partial charge in [0.15, 0.2) is 0 Å². The molecule has 1 aliphatic heterocycles. The second-order valence-corrected chi connectivity index (χ2v) is 5.97. The maximum Gasteiger partial charge on any atom is 0.224 e. The lowest BCUT2D eigenvalue weighted by Crippen LogP contribution is -2.40. The maximum absolute atomic E-state index is 12.0. The topological polar surface area (TPSA) is 41.1 Å². The highest BCUT2D eigenvalue weighted by Crippen LogP contribution is 2.16. The van der Waals surface area contributed by atoms with Gasteiger partial charge in [-0.05, 0) is 30.8 Å². The first-order valence-electron chi connectivity index (χ1n) is 6.20. The molecule has 2 N–H and O–H groups in total. The van der Waals surface area contributed by atoms with Gasteiger partial charge in [0.1, 0.15) is 0 Å². The van der Waals surface area contributed by atoms with Gasteiger partial charge in [-0.3, -0.25) is 4.79 Å². The number of hydrogen-bond donors (Lipinski definition) is 2. The molecule has 0 radical (unpaired) electrons. The molecule has 2 rings (SSSR count). The van der Waals surface area contributed by atoms with E-state index in [1.807, 2.05) is 0 Å². The maximum atomic E-state index is 12.0. The second-order valence-electron chi connectivity index (χ2n) is 4.94. The van der Waals surface area contributed by atoms with Gasteiger partial charge < -0.3 is 10.6 Å². The van der Waals surface area contributed by atoms with Gasteiger partial charge in [-0.15, -0.1) is 11.3 Å². The normalized spacial score (nSPS) is 25.8. The summed E-state index contributed by atoms with van der Waals surface area (Å²) in [6.07, 6.45) is 0.929. The van der Waals surface area contributed by atoms with Gasteiger partial charge in [-0.2, -0.15) is 0 Å². The molecule has 0 spiro atoms. The average molecular weight is 252 g/mol. The fraction of sp³-hybridized carbons (Fsp3) is 0.615. The van der Waals surface area contributed by atoms with Crippen LogP contribution in [0.5, 0.6) is 0 Å². The van der Waals surface area contributed by atoms with Crippen LogP contribution in [0.15, 0.2) is 17.5 Å². The highest BCUT2D eigenvalue weighted by molar-refractivity contribution is 7.09. The van der Waals surface area contributed by atoms with Crippen molar-refractivity contribution in [2.75, 3.05) is 13.1 Å². The summed E-state index contributed by atoms with van der Waals surface area (Å²) < 4.78 is 0. The van der Waals surface area contributed by atoms with Crippen LogP contribution in [0.25, 0.3) is 0 Å². The van der Waals surface area contributed by atoms with E-state index in [0.717, 1.165) is 19.5 Å². The predicted molar refractivity (Wildman–Crippen MR) is 71.2 cm³/mol. The van der Waals surface area contributed by atoms with Gasteiger partial charge in [0, 0.05) is 23.9 Å². The third-order valence-electron chi connectivity index (χ3n) is 3.33. The average Bonchev–Trinajstić information content (AvgIpc) is 2.88. The zero-order valence-electron chi connectivity index (χ0n) is 10.4. The van der Waals surface area contributed by atoms with Crippen molar-refractivity contribution in [3.05, 3.63) is 22.4 Å². The first-order chi connectivity index (χ1) is 8.16. The Morgan fingerprint density at radius 1 is 1.65 bits per heavy atom. The molecule has 1 aromatic heterocycles. The number of nitrogens with one attached hydrogen (secondary N) is 2. The van der Waals surface area contributed by atoms with Crippen LogP contribution in [0.3, 0.4) is 0 Å². The summed E-state index contributed by atoms with van der Waals surface area (Å²) in [6, 6.07) is 4.39. The quantitative estimate of drug-likeness (QED) is 0.855. The van der Waals surface area contributed by atoms with Crippen LogP contribution in [0.2, 0.25) is 0 Å². The molecule has 1 aliphatic rings. The number of thiophene rings is 1. The molecule has 3 nitrogen and oxygen atoms in total. The van der Waals surface area contributed by atoms with Crippen LogP contribution < -0.4 is 10.6 Å². The van der Waals surface area contributed by atoms with Crippen LogP contribution in [0, 0.1) is 11.8 Å². The molecule has 1 saturated heterocycles. The van der Waals surface area contributed by atoms with Crippen molar-refractivity contribution in [3.8, 4) is 0 Å². The van der Waals surface area contributed by atoms with Crippen LogP contribution >= 0.6 is 11.3 Å². The molecule has 94 valence electrons. The van der Waals surface area contributed by atoms with Crippen molar-refractivity contribution in [1.82, 2.24) is 10.6 Å². The molecule has 0 aromatic carbocycles. The predicted octanol–water partition coefficient (Wildman–Crippen LogP) is 1.65. The van der Waals surface area contributed by atoms with Crippen LogP contribution in [0.1, 0.15) is 18.7 Å². The van der Waals surface area contributed by atoms with E-state index < -0.39 is 0 Å². The van der Waals surface area contributed by atoms with Gasteiger partial charge in [-0.1, -0.05) is 13.0 Å². The number of amides is 1. The summed E-state index contributed by atoms with van der Waals surface area (Å²) in [5.41, 5.74) is 0. The summed E-state index contributed by atoms with van der Waals surface area (Å²) in [5.74, 6) is 0.788. The number of carbonyl (C=O) groups excluding carboxylic acids is 1. The molecular weight excluding hydrogens is 232 g/mol. The molecule has 1 unspecified atom stereocenters. The lowest BCUT2D eigenvalue weighted by Gasteiger charge is -2.18. The first kappa shape index (κ1) is 12.6.